The van der Waals surface area contributed by atoms with Crippen molar-refractivity contribution in [2.45, 2.75) is 38.8 Å². The van der Waals surface area contributed by atoms with E-state index < -0.39 is 6.10 Å². The molecule has 2 aromatic rings. The smallest absolute Gasteiger partial charge is 0.256 e. The summed E-state index contributed by atoms with van der Waals surface area (Å²) in [5.41, 5.74) is 2.49. The number of hydrogen-bond acceptors (Lipinski definition) is 4. The van der Waals surface area contributed by atoms with Gasteiger partial charge in [0.25, 0.3) is 5.91 Å². The fourth-order valence-corrected chi connectivity index (χ4v) is 3.18. The Morgan fingerprint density at radius 2 is 2.17 bits per heavy atom. The number of likely N-dealkylation sites (tertiary alicyclic amines) is 1. The number of aryl methyl sites for hydroxylation is 2. The molecule has 0 saturated carbocycles. The lowest BCUT2D eigenvalue weighted by Gasteiger charge is -2.25. The van der Waals surface area contributed by atoms with E-state index in [2.05, 4.69) is 10.2 Å². The molecule has 0 aliphatic carbocycles. The Hall–Kier alpha value is -2.34. The summed E-state index contributed by atoms with van der Waals surface area (Å²) >= 11 is 0. The SMILES string of the molecule is CCc1nnc(C)cc1C(=O)N1C[C@H](O)C[C@H]1c1cccc(F)c1. The first-order valence-electron chi connectivity index (χ1n) is 8.07. The molecule has 1 amide bonds. The van der Waals surface area contributed by atoms with Gasteiger partial charge in [0.2, 0.25) is 0 Å². The molecule has 0 bridgehead atoms. The number of hydrogen-bond donors (Lipinski definition) is 1. The second-order valence-corrected chi connectivity index (χ2v) is 6.12. The Labute approximate surface area is 140 Å². The largest absolute Gasteiger partial charge is 0.391 e. The van der Waals surface area contributed by atoms with Crippen molar-refractivity contribution in [2.24, 2.45) is 0 Å². The molecule has 1 saturated heterocycles. The first-order chi connectivity index (χ1) is 11.5. The maximum Gasteiger partial charge on any atom is 0.256 e. The third kappa shape index (κ3) is 3.14. The number of β-amino-alcohol motifs (C(OH)–C–C–N with tert-alkyl or cyclic N) is 1. The zero-order valence-corrected chi connectivity index (χ0v) is 13.7. The minimum atomic E-state index is -0.622. The number of carbonyl (C=O) groups is 1. The summed E-state index contributed by atoms with van der Waals surface area (Å²) in [5, 5.41) is 18.2. The summed E-state index contributed by atoms with van der Waals surface area (Å²) in [4.78, 5) is 14.7. The van der Waals surface area contributed by atoms with Crippen LogP contribution in [0.25, 0.3) is 0 Å². The molecule has 6 heteroatoms. The topological polar surface area (TPSA) is 66.3 Å². The van der Waals surface area contributed by atoms with Crippen molar-refractivity contribution in [1.29, 1.82) is 0 Å². The van der Waals surface area contributed by atoms with E-state index in [1.54, 1.807) is 30.0 Å². The maximum absolute atomic E-state index is 13.6. The van der Waals surface area contributed by atoms with Gasteiger partial charge >= 0.3 is 0 Å². The standard InChI is InChI=1S/C18H20FN3O2/c1-3-16-15(7-11(2)20-21-16)18(24)22-10-14(23)9-17(22)12-5-4-6-13(19)8-12/h4-8,14,17,23H,3,9-10H2,1-2H3/t14-,17+/m1/s1. The Bertz CT molecular complexity index is 766. The van der Waals surface area contributed by atoms with Gasteiger partial charge < -0.3 is 10.0 Å². The van der Waals surface area contributed by atoms with E-state index in [9.17, 15) is 14.3 Å². The van der Waals surface area contributed by atoms with Crippen LogP contribution in [0.5, 0.6) is 0 Å². The number of aliphatic hydroxyl groups is 1. The van der Waals surface area contributed by atoms with Gasteiger partial charge in [0.1, 0.15) is 5.82 Å². The Morgan fingerprint density at radius 1 is 1.38 bits per heavy atom. The Kier molecular flexibility index (Phi) is 4.57. The summed E-state index contributed by atoms with van der Waals surface area (Å²) in [6.45, 7) is 3.93. The molecule has 0 spiro atoms. The molecule has 126 valence electrons. The number of aliphatic hydroxyl groups excluding tert-OH is 1. The quantitative estimate of drug-likeness (QED) is 0.939. The van der Waals surface area contributed by atoms with E-state index in [0.29, 0.717) is 35.4 Å². The van der Waals surface area contributed by atoms with Crippen molar-refractivity contribution < 1.29 is 14.3 Å². The zero-order valence-electron chi connectivity index (χ0n) is 13.7. The lowest BCUT2D eigenvalue weighted by Crippen LogP contribution is -2.33. The van der Waals surface area contributed by atoms with Crippen molar-refractivity contribution in [3.63, 3.8) is 0 Å². The van der Waals surface area contributed by atoms with Gasteiger partial charge in [-0.05, 0) is 43.5 Å². The van der Waals surface area contributed by atoms with Crippen LogP contribution in [0.4, 0.5) is 4.39 Å². The Balaban J connectivity index is 1.97. The third-order valence-electron chi connectivity index (χ3n) is 4.33. The van der Waals surface area contributed by atoms with E-state index in [1.165, 1.54) is 12.1 Å². The van der Waals surface area contributed by atoms with Crippen LogP contribution in [0.3, 0.4) is 0 Å². The van der Waals surface area contributed by atoms with Gasteiger partial charge in [-0.15, -0.1) is 0 Å². The molecule has 1 aliphatic rings. The lowest BCUT2D eigenvalue weighted by molar-refractivity contribution is 0.0713. The number of aromatic nitrogens is 2. The predicted molar refractivity (Wildman–Crippen MR) is 86.9 cm³/mol. The van der Waals surface area contributed by atoms with Gasteiger partial charge in [-0.2, -0.15) is 10.2 Å². The van der Waals surface area contributed by atoms with E-state index in [-0.39, 0.29) is 24.3 Å². The molecule has 5 nitrogen and oxygen atoms in total. The van der Waals surface area contributed by atoms with E-state index in [4.69, 9.17) is 0 Å². The molecule has 1 aromatic carbocycles. The van der Waals surface area contributed by atoms with Crippen LogP contribution in [0.2, 0.25) is 0 Å². The highest BCUT2D eigenvalue weighted by molar-refractivity contribution is 5.95. The highest BCUT2D eigenvalue weighted by Gasteiger charge is 2.36. The van der Waals surface area contributed by atoms with Crippen LogP contribution >= 0.6 is 0 Å². The molecule has 24 heavy (non-hydrogen) atoms. The summed E-state index contributed by atoms with van der Waals surface area (Å²) in [6, 6.07) is 7.56. The molecule has 2 atom stereocenters. The molecule has 1 aliphatic heterocycles. The van der Waals surface area contributed by atoms with Crippen molar-refractivity contribution in [3.8, 4) is 0 Å². The fourth-order valence-electron chi connectivity index (χ4n) is 3.18. The Morgan fingerprint density at radius 3 is 2.88 bits per heavy atom. The number of rotatable bonds is 3. The average Bonchev–Trinajstić information content (AvgIpc) is 2.96. The van der Waals surface area contributed by atoms with Crippen LogP contribution in [-0.4, -0.2) is 38.8 Å². The number of halogens is 1. The van der Waals surface area contributed by atoms with Crippen LogP contribution in [0, 0.1) is 12.7 Å². The minimum Gasteiger partial charge on any atom is -0.391 e. The van der Waals surface area contributed by atoms with Gasteiger partial charge in [0.15, 0.2) is 0 Å². The number of nitrogens with zero attached hydrogens (tertiary/aromatic N) is 3. The molecule has 3 rings (SSSR count). The van der Waals surface area contributed by atoms with E-state index in [1.807, 2.05) is 6.92 Å². The molecule has 1 aromatic heterocycles. The number of benzene rings is 1. The fraction of sp³-hybridized carbons (Fsp3) is 0.389. The van der Waals surface area contributed by atoms with Crippen molar-refractivity contribution in [2.75, 3.05) is 6.54 Å². The minimum absolute atomic E-state index is 0.198. The molecular weight excluding hydrogens is 309 g/mol. The summed E-state index contributed by atoms with van der Waals surface area (Å²) in [5.74, 6) is -0.549. The van der Waals surface area contributed by atoms with Crippen molar-refractivity contribution in [1.82, 2.24) is 15.1 Å². The van der Waals surface area contributed by atoms with Gasteiger partial charge in [-0.25, -0.2) is 4.39 Å². The van der Waals surface area contributed by atoms with Gasteiger partial charge in [0, 0.05) is 6.54 Å². The molecule has 2 heterocycles. The molecular formula is C18H20FN3O2. The highest BCUT2D eigenvalue weighted by Crippen LogP contribution is 2.34. The first kappa shape index (κ1) is 16.5. The van der Waals surface area contributed by atoms with Crippen LogP contribution in [0.15, 0.2) is 30.3 Å². The highest BCUT2D eigenvalue weighted by atomic mass is 19.1. The van der Waals surface area contributed by atoms with E-state index in [0.717, 1.165) is 0 Å². The zero-order chi connectivity index (χ0) is 17.3. The van der Waals surface area contributed by atoms with Crippen LogP contribution < -0.4 is 0 Å². The number of carbonyl (C=O) groups excluding carboxylic acids is 1. The lowest BCUT2D eigenvalue weighted by atomic mass is 10.0. The summed E-state index contributed by atoms with van der Waals surface area (Å²) in [6.07, 6.45) is 0.368. The summed E-state index contributed by atoms with van der Waals surface area (Å²) in [7, 11) is 0. The average molecular weight is 329 g/mol. The molecule has 1 fully saturated rings. The van der Waals surface area contributed by atoms with Gasteiger partial charge in [-0.3, -0.25) is 4.79 Å². The molecule has 1 N–H and O–H groups in total. The maximum atomic E-state index is 13.6. The van der Waals surface area contributed by atoms with Gasteiger partial charge in [-0.1, -0.05) is 19.1 Å². The van der Waals surface area contributed by atoms with Crippen LogP contribution in [-0.2, 0) is 6.42 Å². The van der Waals surface area contributed by atoms with Crippen molar-refractivity contribution >= 4 is 5.91 Å². The second-order valence-electron chi connectivity index (χ2n) is 6.12. The first-order valence-corrected chi connectivity index (χ1v) is 8.07. The predicted octanol–water partition coefficient (Wildman–Crippen LogP) is 2.43. The van der Waals surface area contributed by atoms with Gasteiger partial charge in [0.05, 0.1) is 29.1 Å². The van der Waals surface area contributed by atoms with E-state index >= 15 is 0 Å². The number of amides is 1. The summed E-state index contributed by atoms with van der Waals surface area (Å²) < 4.78 is 13.6. The normalized spacial score (nSPS) is 20.4. The van der Waals surface area contributed by atoms with Crippen molar-refractivity contribution in [3.05, 3.63) is 58.7 Å². The monoisotopic (exact) mass is 329 g/mol. The van der Waals surface area contributed by atoms with Crippen LogP contribution in [0.1, 0.15) is 46.7 Å². The molecule has 0 radical (unpaired) electrons. The molecule has 0 unspecified atom stereocenters. The second kappa shape index (κ2) is 6.65. The third-order valence-corrected chi connectivity index (χ3v) is 4.33.